The number of hydrogen-bond acceptors (Lipinski definition) is 5. The lowest BCUT2D eigenvalue weighted by Gasteiger charge is -2.38. The Balaban J connectivity index is 1.31. The maximum absolute atomic E-state index is 12.6. The minimum absolute atomic E-state index is 0.182. The van der Waals surface area contributed by atoms with Crippen LogP contribution in [0.25, 0.3) is 0 Å². The number of hydrogen-bond donors (Lipinski definition) is 0. The van der Waals surface area contributed by atoms with Gasteiger partial charge in [0.1, 0.15) is 0 Å². The van der Waals surface area contributed by atoms with Gasteiger partial charge in [-0.25, -0.2) is 0 Å². The van der Waals surface area contributed by atoms with Crippen molar-refractivity contribution in [2.75, 3.05) is 40.2 Å². The van der Waals surface area contributed by atoms with Gasteiger partial charge in [0, 0.05) is 20.2 Å². The van der Waals surface area contributed by atoms with Gasteiger partial charge in [-0.05, 0) is 42.4 Å². The van der Waals surface area contributed by atoms with Crippen LogP contribution in [0.15, 0.2) is 18.2 Å². The van der Waals surface area contributed by atoms with Crippen molar-refractivity contribution in [3.63, 3.8) is 0 Å². The van der Waals surface area contributed by atoms with E-state index < -0.39 is 0 Å². The number of carbonyl (C=O) groups is 1. The highest BCUT2D eigenvalue weighted by Crippen LogP contribution is 2.42. The number of piperidine rings is 1. The molecule has 0 unspecified atom stereocenters. The Morgan fingerprint density at radius 2 is 2.08 bits per heavy atom. The summed E-state index contributed by atoms with van der Waals surface area (Å²) in [6.07, 6.45) is 3.69. The SMILES string of the molecule is COC[C@@H]1CC2(CCN(C(=O)Cc3ccc4c(c3)OCO4)CC2)CO1. The van der Waals surface area contributed by atoms with Gasteiger partial charge in [-0.2, -0.15) is 0 Å². The summed E-state index contributed by atoms with van der Waals surface area (Å²) in [7, 11) is 1.71. The van der Waals surface area contributed by atoms with E-state index in [2.05, 4.69) is 0 Å². The van der Waals surface area contributed by atoms with Crippen LogP contribution in [0.2, 0.25) is 0 Å². The van der Waals surface area contributed by atoms with Crippen molar-refractivity contribution < 1.29 is 23.7 Å². The smallest absolute Gasteiger partial charge is 0.231 e. The van der Waals surface area contributed by atoms with E-state index in [9.17, 15) is 4.79 Å². The summed E-state index contributed by atoms with van der Waals surface area (Å²) in [4.78, 5) is 14.6. The molecule has 1 atom stereocenters. The molecule has 3 aliphatic heterocycles. The van der Waals surface area contributed by atoms with Crippen molar-refractivity contribution in [3.05, 3.63) is 23.8 Å². The standard InChI is InChI=1S/C19H25NO5/c1-22-11-15-10-19(12-23-15)4-6-20(7-5-19)18(21)9-14-2-3-16-17(8-14)25-13-24-16/h2-3,8,15H,4-7,9-13H2,1H3/t15-/m0/s1. The molecule has 25 heavy (non-hydrogen) atoms. The van der Waals surface area contributed by atoms with Crippen LogP contribution in [-0.2, 0) is 20.7 Å². The first kappa shape index (κ1) is 16.7. The third kappa shape index (κ3) is 3.46. The Morgan fingerprint density at radius 1 is 1.28 bits per heavy atom. The fraction of sp³-hybridized carbons (Fsp3) is 0.632. The van der Waals surface area contributed by atoms with E-state index in [1.165, 1.54) is 0 Å². The van der Waals surface area contributed by atoms with Crippen LogP contribution in [0.1, 0.15) is 24.8 Å². The van der Waals surface area contributed by atoms with Crippen LogP contribution in [0.5, 0.6) is 11.5 Å². The normalized spacial score (nSPS) is 24.0. The molecule has 0 saturated carbocycles. The molecule has 6 heteroatoms. The third-order valence-corrected chi connectivity index (χ3v) is 5.61. The molecular formula is C19H25NO5. The molecule has 0 aromatic heterocycles. The summed E-state index contributed by atoms with van der Waals surface area (Å²) in [5, 5.41) is 0. The molecule has 1 aromatic carbocycles. The molecule has 6 nitrogen and oxygen atoms in total. The molecule has 4 rings (SSSR count). The van der Waals surface area contributed by atoms with Gasteiger partial charge in [0.2, 0.25) is 12.7 Å². The second kappa shape index (κ2) is 6.84. The van der Waals surface area contributed by atoms with Crippen LogP contribution in [0.4, 0.5) is 0 Å². The van der Waals surface area contributed by atoms with Crippen molar-refractivity contribution in [1.82, 2.24) is 4.90 Å². The number of amides is 1. The number of fused-ring (bicyclic) bond motifs is 1. The molecule has 136 valence electrons. The maximum Gasteiger partial charge on any atom is 0.231 e. The quantitative estimate of drug-likeness (QED) is 0.834. The number of nitrogens with zero attached hydrogens (tertiary/aromatic N) is 1. The molecule has 0 bridgehead atoms. The predicted octanol–water partition coefficient (Wildman–Crippen LogP) is 2.00. The van der Waals surface area contributed by atoms with E-state index in [1.807, 2.05) is 23.1 Å². The third-order valence-electron chi connectivity index (χ3n) is 5.61. The number of benzene rings is 1. The Kier molecular flexibility index (Phi) is 4.56. The second-order valence-electron chi connectivity index (χ2n) is 7.34. The molecule has 0 aliphatic carbocycles. The summed E-state index contributed by atoms with van der Waals surface area (Å²) in [6.45, 7) is 3.34. The number of carbonyl (C=O) groups excluding carboxylic acids is 1. The minimum atomic E-state index is 0.182. The van der Waals surface area contributed by atoms with Crippen molar-refractivity contribution in [2.45, 2.75) is 31.8 Å². The highest BCUT2D eigenvalue weighted by atomic mass is 16.7. The van der Waals surface area contributed by atoms with Crippen LogP contribution in [0, 0.1) is 5.41 Å². The molecule has 3 heterocycles. The molecule has 3 aliphatic rings. The number of methoxy groups -OCH3 is 1. The number of likely N-dealkylation sites (tertiary alicyclic amines) is 1. The van der Waals surface area contributed by atoms with E-state index in [0.717, 1.165) is 56.0 Å². The van der Waals surface area contributed by atoms with Gasteiger partial charge in [-0.1, -0.05) is 6.07 Å². The summed E-state index contributed by atoms with van der Waals surface area (Å²) in [5.74, 6) is 1.67. The minimum Gasteiger partial charge on any atom is -0.454 e. The van der Waals surface area contributed by atoms with E-state index in [4.69, 9.17) is 18.9 Å². The Bertz CT molecular complexity index is 639. The fourth-order valence-corrected chi connectivity index (χ4v) is 4.10. The summed E-state index contributed by atoms with van der Waals surface area (Å²) < 4.78 is 21.8. The first-order valence-corrected chi connectivity index (χ1v) is 8.94. The van der Waals surface area contributed by atoms with Crippen LogP contribution < -0.4 is 9.47 Å². The highest BCUT2D eigenvalue weighted by molar-refractivity contribution is 5.79. The van der Waals surface area contributed by atoms with Gasteiger partial charge in [0.15, 0.2) is 11.5 Å². The zero-order chi connectivity index (χ0) is 17.3. The van der Waals surface area contributed by atoms with Gasteiger partial charge in [0.25, 0.3) is 0 Å². The summed E-state index contributed by atoms with van der Waals surface area (Å²) in [6, 6.07) is 5.73. The summed E-state index contributed by atoms with van der Waals surface area (Å²) in [5.41, 5.74) is 1.21. The molecule has 2 fully saturated rings. The molecule has 1 amide bonds. The van der Waals surface area contributed by atoms with Crippen molar-refractivity contribution in [2.24, 2.45) is 5.41 Å². The van der Waals surface area contributed by atoms with Gasteiger partial charge >= 0.3 is 0 Å². The lowest BCUT2D eigenvalue weighted by Crippen LogP contribution is -2.44. The second-order valence-corrected chi connectivity index (χ2v) is 7.34. The van der Waals surface area contributed by atoms with Crippen molar-refractivity contribution >= 4 is 5.91 Å². The van der Waals surface area contributed by atoms with Crippen LogP contribution in [0.3, 0.4) is 0 Å². The maximum atomic E-state index is 12.6. The van der Waals surface area contributed by atoms with Crippen molar-refractivity contribution in [3.8, 4) is 11.5 Å². The highest BCUT2D eigenvalue weighted by Gasteiger charge is 2.42. The van der Waals surface area contributed by atoms with Gasteiger partial charge < -0.3 is 23.8 Å². The number of ether oxygens (including phenoxy) is 4. The molecule has 2 saturated heterocycles. The Hall–Kier alpha value is -1.79. The predicted molar refractivity (Wildman–Crippen MR) is 90.7 cm³/mol. The van der Waals surface area contributed by atoms with E-state index in [1.54, 1.807) is 7.11 Å². The van der Waals surface area contributed by atoms with Crippen LogP contribution >= 0.6 is 0 Å². The van der Waals surface area contributed by atoms with Gasteiger partial charge in [-0.3, -0.25) is 4.79 Å². The van der Waals surface area contributed by atoms with Gasteiger partial charge in [0.05, 0.1) is 25.7 Å². The average Bonchev–Trinajstić information content (AvgIpc) is 3.23. The first-order chi connectivity index (χ1) is 12.2. The topological polar surface area (TPSA) is 57.2 Å². The molecule has 0 radical (unpaired) electrons. The monoisotopic (exact) mass is 347 g/mol. The van der Waals surface area contributed by atoms with Gasteiger partial charge in [-0.15, -0.1) is 0 Å². The fourth-order valence-electron chi connectivity index (χ4n) is 4.10. The lowest BCUT2D eigenvalue weighted by molar-refractivity contribution is -0.132. The Labute approximate surface area is 148 Å². The first-order valence-electron chi connectivity index (χ1n) is 8.94. The zero-order valence-corrected chi connectivity index (χ0v) is 14.7. The zero-order valence-electron chi connectivity index (χ0n) is 14.7. The Morgan fingerprint density at radius 3 is 2.88 bits per heavy atom. The van der Waals surface area contributed by atoms with E-state index in [-0.39, 0.29) is 24.2 Å². The average molecular weight is 347 g/mol. The molecular weight excluding hydrogens is 322 g/mol. The molecule has 1 spiro atoms. The van der Waals surface area contributed by atoms with E-state index >= 15 is 0 Å². The lowest BCUT2D eigenvalue weighted by atomic mass is 9.76. The number of rotatable bonds is 4. The van der Waals surface area contributed by atoms with E-state index in [0.29, 0.717) is 13.0 Å². The largest absolute Gasteiger partial charge is 0.454 e. The summed E-state index contributed by atoms with van der Waals surface area (Å²) >= 11 is 0. The molecule has 1 aromatic rings. The molecule has 0 N–H and O–H groups in total. The van der Waals surface area contributed by atoms with Crippen LogP contribution in [-0.4, -0.2) is 57.1 Å². The van der Waals surface area contributed by atoms with Crippen molar-refractivity contribution in [1.29, 1.82) is 0 Å².